The Hall–Kier alpha value is -2.69. The van der Waals surface area contributed by atoms with E-state index in [1.807, 2.05) is 0 Å². The maximum Gasteiger partial charge on any atom is 0.342 e. The Morgan fingerprint density at radius 3 is 1.78 bits per heavy atom. The highest BCUT2D eigenvalue weighted by Crippen LogP contribution is 2.07. The number of methoxy groups -OCH3 is 1. The van der Waals surface area contributed by atoms with Gasteiger partial charge in [0, 0.05) is 52.1 Å². The Labute approximate surface area is 224 Å². The van der Waals surface area contributed by atoms with Gasteiger partial charge in [-0.25, -0.2) is 19.8 Å². The fourth-order valence-electron chi connectivity index (χ4n) is 3.05. The second-order valence-electron chi connectivity index (χ2n) is 8.21. The van der Waals surface area contributed by atoms with Gasteiger partial charge in [0.05, 0.1) is 6.61 Å². The molecule has 0 aromatic carbocycles. The molecule has 0 bridgehead atoms. The van der Waals surface area contributed by atoms with Crippen molar-refractivity contribution in [1.29, 1.82) is 10.8 Å². The molecule has 4 amide bonds. The number of rotatable bonds is 22. The van der Waals surface area contributed by atoms with E-state index in [4.69, 9.17) is 32.9 Å². The summed E-state index contributed by atoms with van der Waals surface area (Å²) >= 11 is 1.25. The van der Waals surface area contributed by atoms with Gasteiger partial charge in [-0.05, 0) is 63.6 Å². The van der Waals surface area contributed by atoms with Gasteiger partial charge in [-0.3, -0.25) is 10.8 Å². The van der Waals surface area contributed by atoms with Crippen LogP contribution in [0.5, 0.6) is 0 Å². The third-order valence-electron chi connectivity index (χ3n) is 5.00. The van der Waals surface area contributed by atoms with Gasteiger partial charge >= 0.3 is 12.1 Å². The van der Waals surface area contributed by atoms with E-state index in [2.05, 4.69) is 31.5 Å². The summed E-state index contributed by atoms with van der Waals surface area (Å²) in [4.78, 5) is 26.2. The Morgan fingerprint density at radius 1 is 0.757 bits per heavy atom. The lowest BCUT2D eigenvalue weighted by molar-refractivity contribution is 0.146. The quantitative estimate of drug-likeness (QED) is 0.0152. The summed E-state index contributed by atoms with van der Waals surface area (Å²) in [5, 5.41) is 28.1. The minimum absolute atomic E-state index is 0.0451. The van der Waals surface area contributed by atoms with Gasteiger partial charge in [0.1, 0.15) is 0 Å². The third-order valence-corrected chi connectivity index (χ3v) is 5.91. The molecule has 0 aromatic heterocycles. The molecule has 0 saturated heterocycles. The zero-order valence-electron chi connectivity index (χ0n) is 22.1. The monoisotopic (exact) mass is 548 g/mol. The number of unbranched alkanes of at least 4 members (excludes halogenated alkanes) is 2. The van der Waals surface area contributed by atoms with Gasteiger partial charge in [0.15, 0.2) is 11.9 Å². The predicted octanol–water partition coefficient (Wildman–Crippen LogP) is -0.926. The minimum Gasteiger partial charge on any atom is -0.383 e. The van der Waals surface area contributed by atoms with Gasteiger partial charge in [-0.2, -0.15) is 0 Å². The van der Waals surface area contributed by atoms with E-state index < -0.39 is 0 Å². The van der Waals surface area contributed by atoms with Crippen molar-refractivity contribution in [2.45, 2.75) is 38.5 Å². The highest BCUT2D eigenvalue weighted by atomic mass is 32.2. The number of hydrogen-bond acceptors (Lipinski definition) is 8. The van der Waals surface area contributed by atoms with Gasteiger partial charge in [-0.1, -0.05) is 0 Å². The van der Waals surface area contributed by atoms with Crippen LogP contribution in [0.25, 0.3) is 0 Å². The van der Waals surface area contributed by atoms with Crippen molar-refractivity contribution in [1.82, 2.24) is 35.9 Å². The Balaban J connectivity index is 3.92. The zero-order chi connectivity index (χ0) is 27.7. The second-order valence-corrected chi connectivity index (χ2v) is 9.27. The van der Waals surface area contributed by atoms with Crippen LogP contribution in [0.2, 0.25) is 0 Å². The van der Waals surface area contributed by atoms with E-state index in [-0.39, 0.29) is 24.0 Å². The molecule has 0 fully saturated rings. The van der Waals surface area contributed by atoms with Crippen molar-refractivity contribution < 1.29 is 14.3 Å². The van der Waals surface area contributed by atoms with Crippen LogP contribution >= 0.6 is 11.9 Å². The van der Waals surface area contributed by atoms with Crippen LogP contribution in [0.4, 0.5) is 9.59 Å². The number of carbonyl (C=O) groups excluding carboxylic acids is 2. The summed E-state index contributed by atoms with van der Waals surface area (Å²) in [5.41, 5.74) is 10.4. The van der Waals surface area contributed by atoms with E-state index in [1.54, 1.807) is 7.11 Å². The van der Waals surface area contributed by atoms with E-state index >= 15 is 0 Å². The first-order chi connectivity index (χ1) is 17.8. The molecule has 0 aliphatic heterocycles. The summed E-state index contributed by atoms with van der Waals surface area (Å²) in [5.74, 6) is 6.39. The SMILES string of the molecule is COCCN(CCCNC(=O)NCCCCNC(=N)N)CCCNC(=O)N(N)SCCCCNC(=N)N. The van der Waals surface area contributed by atoms with Crippen LogP contribution in [0.1, 0.15) is 38.5 Å². The van der Waals surface area contributed by atoms with Crippen LogP contribution in [0.15, 0.2) is 0 Å². The molecule has 16 heteroatoms. The van der Waals surface area contributed by atoms with Crippen molar-refractivity contribution in [3.8, 4) is 0 Å². The molecule has 15 nitrogen and oxygen atoms in total. The van der Waals surface area contributed by atoms with Crippen LogP contribution in [0, 0.1) is 10.8 Å². The lowest BCUT2D eigenvalue weighted by Crippen LogP contribution is -2.41. The maximum absolute atomic E-state index is 12.1. The molecule has 0 saturated carbocycles. The average molecular weight is 549 g/mol. The van der Waals surface area contributed by atoms with Gasteiger partial charge in [0.25, 0.3) is 0 Å². The molecule has 0 aromatic rings. The third kappa shape index (κ3) is 23.5. The largest absolute Gasteiger partial charge is 0.383 e. The predicted molar refractivity (Wildman–Crippen MR) is 149 cm³/mol. The van der Waals surface area contributed by atoms with Crippen molar-refractivity contribution >= 4 is 35.9 Å². The molecule has 0 atom stereocenters. The van der Waals surface area contributed by atoms with Crippen molar-refractivity contribution in [3.63, 3.8) is 0 Å². The Bertz CT molecular complexity index is 644. The van der Waals surface area contributed by atoms with Gasteiger partial charge in [0.2, 0.25) is 0 Å². The topological polar surface area (TPSA) is 236 Å². The number of hydrogen-bond donors (Lipinski definition) is 10. The molecular formula is C21H48N12O3S. The van der Waals surface area contributed by atoms with E-state index in [1.165, 1.54) is 11.9 Å². The van der Waals surface area contributed by atoms with Crippen LogP contribution < -0.4 is 43.9 Å². The molecule has 0 heterocycles. The van der Waals surface area contributed by atoms with E-state index in [0.717, 1.165) is 62.6 Å². The first kappa shape index (κ1) is 34.3. The van der Waals surface area contributed by atoms with Gasteiger partial charge in [-0.15, -0.1) is 0 Å². The summed E-state index contributed by atoms with van der Waals surface area (Å²) < 4.78 is 6.30. The van der Waals surface area contributed by atoms with Crippen molar-refractivity contribution in [2.75, 3.05) is 71.8 Å². The lowest BCUT2D eigenvalue weighted by Gasteiger charge is -2.22. The molecule has 0 aliphatic rings. The number of guanidine groups is 2. The van der Waals surface area contributed by atoms with Crippen molar-refractivity contribution in [2.24, 2.45) is 17.3 Å². The fourth-order valence-corrected chi connectivity index (χ4v) is 3.76. The first-order valence-electron chi connectivity index (χ1n) is 12.6. The number of nitrogens with zero attached hydrogens (tertiary/aromatic N) is 2. The summed E-state index contributed by atoms with van der Waals surface area (Å²) in [6, 6.07) is -0.525. The van der Waals surface area contributed by atoms with Crippen LogP contribution in [0.3, 0.4) is 0 Å². The van der Waals surface area contributed by atoms with Crippen LogP contribution in [-0.2, 0) is 4.74 Å². The van der Waals surface area contributed by atoms with E-state index in [0.29, 0.717) is 45.1 Å². The highest BCUT2D eigenvalue weighted by molar-refractivity contribution is 7.97. The number of hydrazine groups is 1. The number of amides is 4. The summed E-state index contributed by atoms with van der Waals surface area (Å²) in [7, 11) is 1.66. The molecule has 216 valence electrons. The molecule has 0 spiro atoms. The molecule has 0 unspecified atom stereocenters. The molecule has 0 aliphatic carbocycles. The van der Waals surface area contributed by atoms with Crippen LogP contribution in [-0.4, -0.2) is 105 Å². The minimum atomic E-state index is -0.333. The van der Waals surface area contributed by atoms with Gasteiger partial charge < -0.3 is 47.7 Å². The molecule has 13 N–H and O–H groups in total. The Morgan fingerprint density at radius 2 is 1.24 bits per heavy atom. The normalized spacial score (nSPS) is 10.6. The molecule has 0 rings (SSSR count). The Kier molecular flexibility index (Phi) is 22.0. The number of ether oxygens (including phenoxy) is 1. The summed E-state index contributed by atoms with van der Waals surface area (Å²) in [6.45, 7) is 5.81. The van der Waals surface area contributed by atoms with Crippen molar-refractivity contribution in [3.05, 3.63) is 0 Å². The number of carbonyl (C=O) groups is 2. The lowest BCUT2D eigenvalue weighted by atomic mass is 10.3. The number of urea groups is 2. The number of nitrogens with two attached hydrogens (primary N) is 3. The van der Waals surface area contributed by atoms with E-state index in [9.17, 15) is 9.59 Å². The average Bonchev–Trinajstić information content (AvgIpc) is 2.85. The number of nitrogens with one attached hydrogen (secondary N) is 7. The molecule has 37 heavy (non-hydrogen) atoms. The maximum atomic E-state index is 12.1. The summed E-state index contributed by atoms with van der Waals surface area (Å²) in [6.07, 6.45) is 4.85. The first-order valence-corrected chi connectivity index (χ1v) is 13.5. The molecule has 0 radical (unpaired) electrons. The fraction of sp³-hybridized carbons (Fsp3) is 0.810. The highest BCUT2D eigenvalue weighted by Gasteiger charge is 2.10. The standard InChI is InChI=1S/C21H48N12O3S/c1-36-16-15-32(13-6-11-30-20(34)29-10-3-2-8-27-18(22)23)14-7-12-31-21(35)33(26)37-17-5-4-9-28-19(24)25/h2-17,26H2,1H3,(H,31,35)(H4,22,23,27)(H4,24,25,28)(H2,29,30,34). The molecular weight excluding hydrogens is 500 g/mol. The second kappa shape index (κ2) is 23.7. The smallest absolute Gasteiger partial charge is 0.342 e. The zero-order valence-corrected chi connectivity index (χ0v) is 22.9.